The third kappa shape index (κ3) is 4.38. The normalized spacial score (nSPS) is 12.2. The van der Waals surface area contributed by atoms with Gasteiger partial charge in [0.15, 0.2) is 18.2 Å². The van der Waals surface area contributed by atoms with Crippen LogP contribution < -0.4 is 15.8 Å². The first kappa shape index (κ1) is 13.9. The number of amides is 1. The summed E-state index contributed by atoms with van der Waals surface area (Å²) in [4.78, 5) is 24.8. The van der Waals surface area contributed by atoms with E-state index in [4.69, 9.17) is 10.5 Å². The molecule has 3 N–H and O–H groups in total. The fourth-order valence-electron chi connectivity index (χ4n) is 1.13. The number of nitrogens with zero attached hydrogens (tertiary/aromatic N) is 1. The van der Waals surface area contributed by atoms with E-state index in [0.29, 0.717) is 24.5 Å². The topological polar surface area (TPSA) is 104 Å². The molecule has 1 amide bonds. The number of pyridine rings is 1. The maximum Gasteiger partial charge on any atom is 0.306 e. The van der Waals surface area contributed by atoms with Gasteiger partial charge < -0.3 is 20.5 Å². The first-order valence-electron chi connectivity index (χ1n) is 5.32. The van der Waals surface area contributed by atoms with Crippen LogP contribution in [0, 0.1) is 0 Å². The number of esters is 1. The van der Waals surface area contributed by atoms with Gasteiger partial charge in [0.2, 0.25) is 0 Å². The Labute approximate surface area is 104 Å². The summed E-state index contributed by atoms with van der Waals surface area (Å²) in [5.74, 6) is 0.731. The Morgan fingerprint density at radius 3 is 3.06 bits per heavy atom. The Kier molecular flexibility index (Phi) is 5.59. The van der Waals surface area contributed by atoms with E-state index in [0.717, 1.165) is 0 Å². The maximum absolute atomic E-state index is 10.7. The zero-order valence-electron chi connectivity index (χ0n) is 10.0. The van der Waals surface area contributed by atoms with Crippen molar-refractivity contribution in [2.75, 3.05) is 25.6 Å². The first-order chi connectivity index (χ1) is 8.67. The molecule has 0 aromatic carbocycles. The van der Waals surface area contributed by atoms with Crippen molar-refractivity contribution in [3.8, 4) is 5.75 Å². The fourth-order valence-corrected chi connectivity index (χ4v) is 1.13. The van der Waals surface area contributed by atoms with E-state index in [2.05, 4.69) is 15.0 Å². The van der Waals surface area contributed by atoms with Crippen molar-refractivity contribution in [1.82, 2.24) is 4.98 Å². The van der Waals surface area contributed by atoms with Gasteiger partial charge in [-0.3, -0.25) is 9.59 Å². The number of carbonyl (C=O) groups is 2. The average Bonchev–Trinajstić information content (AvgIpc) is 2.39. The highest BCUT2D eigenvalue weighted by atomic mass is 16.5. The van der Waals surface area contributed by atoms with Gasteiger partial charge >= 0.3 is 5.97 Å². The molecule has 18 heavy (non-hydrogen) atoms. The molecule has 0 radical (unpaired) electrons. The van der Waals surface area contributed by atoms with Crippen molar-refractivity contribution in [3.05, 3.63) is 18.3 Å². The van der Waals surface area contributed by atoms with Crippen LogP contribution in [-0.2, 0) is 14.3 Å². The minimum atomic E-state index is -0.248. The molecule has 0 atom stereocenters. The fraction of sp³-hybridized carbons (Fsp3) is 0.364. The smallest absolute Gasteiger partial charge is 0.306 e. The summed E-state index contributed by atoms with van der Waals surface area (Å²) in [6.07, 6.45) is 1.92. The lowest BCUT2D eigenvalue weighted by atomic mass is 10.4. The van der Waals surface area contributed by atoms with Crippen LogP contribution in [-0.4, -0.2) is 37.1 Å². The number of fused-ring (bicyclic) bond motifs is 1. The van der Waals surface area contributed by atoms with E-state index in [9.17, 15) is 9.59 Å². The van der Waals surface area contributed by atoms with E-state index in [1.165, 1.54) is 7.11 Å². The number of hydrogen-bond acceptors (Lipinski definition) is 6. The van der Waals surface area contributed by atoms with E-state index in [1.807, 2.05) is 0 Å². The number of carbonyl (C=O) groups excluding carboxylic acids is 2. The Morgan fingerprint density at radius 2 is 2.44 bits per heavy atom. The molecule has 0 spiro atoms. The average molecular weight is 253 g/mol. The quantitative estimate of drug-likeness (QED) is 0.714. The van der Waals surface area contributed by atoms with Crippen molar-refractivity contribution in [2.24, 2.45) is 5.73 Å². The predicted octanol–water partition coefficient (Wildman–Crippen LogP) is -0.0793. The molecule has 0 saturated heterocycles. The van der Waals surface area contributed by atoms with Gasteiger partial charge in [-0.2, -0.15) is 0 Å². The highest BCUT2D eigenvalue weighted by Crippen LogP contribution is 2.23. The molecule has 1 aromatic rings. The third-order valence-electron chi connectivity index (χ3n) is 1.96. The number of anilines is 1. The van der Waals surface area contributed by atoms with Crippen LogP contribution in [0.1, 0.15) is 6.42 Å². The molecule has 0 saturated carbocycles. The summed E-state index contributed by atoms with van der Waals surface area (Å²) < 4.78 is 9.33. The molecular weight excluding hydrogens is 238 g/mol. The van der Waals surface area contributed by atoms with Crippen LogP contribution in [0.5, 0.6) is 5.75 Å². The number of aromatic nitrogens is 1. The molecule has 2 heterocycles. The van der Waals surface area contributed by atoms with Gasteiger partial charge in [0.05, 0.1) is 13.5 Å². The molecule has 7 nitrogen and oxygen atoms in total. The Hall–Kier alpha value is -2.15. The lowest BCUT2D eigenvalue weighted by molar-refractivity contribution is -0.140. The largest absolute Gasteiger partial charge is 0.480 e. The second kappa shape index (κ2) is 7.23. The van der Waals surface area contributed by atoms with Crippen LogP contribution in [0.25, 0.3) is 0 Å². The molecule has 0 unspecified atom stereocenters. The summed E-state index contributed by atoms with van der Waals surface area (Å²) in [6.45, 7) is 0.450. The number of nitrogens with two attached hydrogens (primary N) is 1. The van der Waals surface area contributed by atoms with Crippen LogP contribution in [0.15, 0.2) is 18.3 Å². The number of rotatable bonds is 2. The summed E-state index contributed by atoms with van der Waals surface area (Å²) in [7, 11) is 1.35. The van der Waals surface area contributed by atoms with Gasteiger partial charge in [0, 0.05) is 12.7 Å². The van der Waals surface area contributed by atoms with Crippen molar-refractivity contribution in [1.29, 1.82) is 0 Å². The Balaban J connectivity index is 0.000000203. The van der Waals surface area contributed by atoms with Gasteiger partial charge in [-0.25, -0.2) is 4.98 Å². The molecule has 0 fully saturated rings. The summed E-state index contributed by atoms with van der Waals surface area (Å²) >= 11 is 0. The van der Waals surface area contributed by atoms with E-state index >= 15 is 0 Å². The summed E-state index contributed by atoms with van der Waals surface area (Å²) in [5.41, 5.74) is 5.00. The van der Waals surface area contributed by atoms with Crippen LogP contribution >= 0.6 is 0 Å². The predicted molar refractivity (Wildman–Crippen MR) is 64.0 cm³/mol. The summed E-state index contributed by atoms with van der Waals surface area (Å²) in [5, 5.41) is 2.58. The van der Waals surface area contributed by atoms with Gasteiger partial charge in [-0.15, -0.1) is 0 Å². The highest BCUT2D eigenvalue weighted by molar-refractivity contribution is 5.94. The van der Waals surface area contributed by atoms with E-state index < -0.39 is 0 Å². The van der Waals surface area contributed by atoms with Crippen LogP contribution in [0.2, 0.25) is 0 Å². The minimum absolute atomic E-state index is 0.0820. The Morgan fingerprint density at radius 1 is 1.67 bits per heavy atom. The highest BCUT2D eigenvalue weighted by Gasteiger charge is 2.15. The zero-order valence-corrected chi connectivity index (χ0v) is 10.0. The summed E-state index contributed by atoms with van der Waals surface area (Å²) in [6, 6.07) is 3.53. The molecule has 1 aliphatic rings. The number of nitrogens with one attached hydrogen (secondary N) is 1. The van der Waals surface area contributed by atoms with Gasteiger partial charge in [0.1, 0.15) is 0 Å². The van der Waals surface area contributed by atoms with Crippen LogP contribution in [0.3, 0.4) is 0 Å². The van der Waals surface area contributed by atoms with Crippen molar-refractivity contribution < 1.29 is 19.1 Å². The molecule has 98 valence electrons. The van der Waals surface area contributed by atoms with Crippen LogP contribution in [0.4, 0.5) is 5.82 Å². The number of methoxy groups -OCH3 is 1. The molecule has 1 aliphatic heterocycles. The second-order valence-corrected chi connectivity index (χ2v) is 3.30. The maximum atomic E-state index is 10.7. The zero-order chi connectivity index (χ0) is 13.4. The van der Waals surface area contributed by atoms with Gasteiger partial charge in [-0.1, -0.05) is 0 Å². The second-order valence-electron chi connectivity index (χ2n) is 3.30. The molecule has 0 aliphatic carbocycles. The third-order valence-corrected chi connectivity index (χ3v) is 1.96. The van der Waals surface area contributed by atoms with Crippen molar-refractivity contribution in [2.45, 2.75) is 6.42 Å². The van der Waals surface area contributed by atoms with Gasteiger partial charge in [0.25, 0.3) is 5.91 Å². The lowest BCUT2D eigenvalue weighted by Gasteiger charge is -2.15. The van der Waals surface area contributed by atoms with E-state index in [1.54, 1.807) is 18.3 Å². The first-order valence-corrected chi connectivity index (χ1v) is 5.32. The Bertz CT molecular complexity index is 423. The molecule has 7 heteroatoms. The van der Waals surface area contributed by atoms with E-state index in [-0.39, 0.29) is 18.5 Å². The SMILES string of the molecule is COC(=O)CCN.O=C1COc2cccnc2N1. The van der Waals surface area contributed by atoms with Crippen molar-refractivity contribution >= 4 is 17.7 Å². The standard InChI is InChI=1S/C7H6N2O2.C4H9NO2/c10-6-4-11-5-2-1-3-8-7(5)9-6;1-7-4(6)2-3-5/h1-3H,4H2,(H,8,9,10);2-3,5H2,1H3. The minimum Gasteiger partial charge on any atom is -0.480 e. The molecule has 1 aromatic heterocycles. The molecular formula is C11H15N3O4. The van der Waals surface area contributed by atoms with Crippen molar-refractivity contribution in [3.63, 3.8) is 0 Å². The monoisotopic (exact) mass is 253 g/mol. The van der Waals surface area contributed by atoms with Gasteiger partial charge in [-0.05, 0) is 12.1 Å². The number of ether oxygens (including phenoxy) is 2. The molecule has 2 rings (SSSR count). The molecule has 0 bridgehead atoms. The number of hydrogen-bond donors (Lipinski definition) is 2. The lowest BCUT2D eigenvalue weighted by Crippen LogP contribution is -2.25.